The third-order valence-electron chi connectivity index (χ3n) is 7.92. The molecule has 10 heteroatoms. The van der Waals surface area contributed by atoms with E-state index in [0.717, 1.165) is 11.1 Å². The topological polar surface area (TPSA) is 148 Å². The number of likely N-dealkylation sites (N-methyl/N-ethyl adjacent to an activating group) is 1. The Hall–Kier alpha value is -4.70. The summed E-state index contributed by atoms with van der Waals surface area (Å²) in [5, 5.41) is 30.0. The van der Waals surface area contributed by atoms with Crippen LogP contribution in [0.15, 0.2) is 84.9 Å². The van der Waals surface area contributed by atoms with E-state index in [1.165, 1.54) is 24.1 Å². The highest BCUT2D eigenvalue weighted by atomic mass is 16.3. The highest BCUT2D eigenvalue weighted by Crippen LogP contribution is 2.20. The third-order valence-corrected chi connectivity index (χ3v) is 7.92. The second kappa shape index (κ2) is 14.0. The van der Waals surface area contributed by atoms with Gasteiger partial charge < -0.3 is 31.1 Å². The van der Waals surface area contributed by atoms with Crippen molar-refractivity contribution in [2.75, 3.05) is 7.05 Å². The molecule has 4 rings (SSSR count). The molecular weight excluding hydrogens is 548 g/mol. The predicted octanol–water partition coefficient (Wildman–Crippen LogP) is 1.80. The van der Waals surface area contributed by atoms with E-state index in [1.807, 2.05) is 60.7 Å². The van der Waals surface area contributed by atoms with Crippen LogP contribution in [0.4, 0.5) is 0 Å². The number of hydrogen-bond acceptors (Lipinski definition) is 6. The normalized spacial score (nSPS) is 25.1. The van der Waals surface area contributed by atoms with Gasteiger partial charge in [-0.25, -0.2) is 0 Å². The standard InChI is InChI=1S/C33H38N4O6/c1-20-29(39)25(18-22-12-6-4-7-13-22)35-32(42)28(36-30(40)24-16-10-11-17-27(24)38)21(2)34-31(41)26(37(3)33(20)43)19-23-14-8-5-9-15-23/h4-17,20-21,25-26,28-29,38-39H,18-19H2,1-3H3,(H,34,41)(H,35,42)(H,36,40)/t20-,21-,25+,26?,28+,29+/m1/s1. The highest BCUT2D eigenvalue weighted by molar-refractivity contribution is 6.00. The SMILES string of the molecule is C[C@H]1NC(=O)C(Cc2ccccc2)N(C)C(=O)[C@H](C)[C@H](O)[C@H](Cc2ccccc2)NC(=O)[C@H]1NC(=O)c1ccccc1O. The summed E-state index contributed by atoms with van der Waals surface area (Å²) in [5.41, 5.74) is 1.60. The van der Waals surface area contributed by atoms with Crippen LogP contribution in [-0.4, -0.2) is 76.1 Å². The molecule has 10 nitrogen and oxygen atoms in total. The van der Waals surface area contributed by atoms with Gasteiger partial charge in [-0.3, -0.25) is 19.2 Å². The van der Waals surface area contributed by atoms with Crippen molar-refractivity contribution in [1.82, 2.24) is 20.9 Å². The second-order valence-electron chi connectivity index (χ2n) is 11.0. The van der Waals surface area contributed by atoms with Gasteiger partial charge in [-0.1, -0.05) is 79.7 Å². The minimum Gasteiger partial charge on any atom is -0.507 e. The Balaban J connectivity index is 1.72. The number of aromatic hydroxyl groups is 1. The summed E-state index contributed by atoms with van der Waals surface area (Å²) < 4.78 is 0. The fourth-order valence-corrected chi connectivity index (χ4v) is 5.32. The molecule has 1 unspecified atom stereocenters. The van der Waals surface area contributed by atoms with Crippen LogP contribution < -0.4 is 16.0 Å². The average molecular weight is 587 g/mol. The third kappa shape index (κ3) is 7.58. The van der Waals surface area contributed by atoms with E-state index in [1.54, 1.807) is 26.0 Å². The monoisotopic (exact) mass is 586 g/mol. The lowest BCUT2D eigenvalue weighted by Crippen LogP contribution is -2.64. The minimum absolute atomic E-state index is 0.0401. The summed E-state index contributed by atoms with van der Waals surface area (Å²) in [6.45, 7) is 3.14. The van der Waals surface area contributed by atoms with Gasteiger partial charge in [0.15, 0.2) is 0 Å². The maximum atomic E-state index is 13.8. The van der Waals surface area contributed by atoms with E-state index in [-0.39, 0.29) is 24.2 Å². The van der Waals surface area contributed by atoms with Crippen molar-refractivity contribution >= 4 is 23.6 Å². The molecular formula is C33H38N4O6. The number of benzene rings is 3. The minimum atomic E-state index is -1.32. The van der Waals surface area contributed by atoms with Crippen molar-refractivity contribution in [2.45, 2.75) is 57.0 Å². The van der Waals surface area contributed by atoms with E-state index >= 15 is 0 Å². The van der Waals surface area contributed by atoms with Gasteiger partial charge in [0.25, 0.3) is 5.91 Å². The number of para-hydroxylation sites is 1. The Kier molecular flexibility index (Phi) is 10.2. The summed E-state index contributed by atoms with van der Waals surface area (Å²) in [4.78, 5) is 55.7. The number of aliphatic hydroxyl groups is 1. The highest BCUT2D eigenvalue weighted by Gasteiger charge is 2.40. The Morgan fingerprint density at radius 3 is 1.98 bits per heavy atom. The van der Waals surface area contributed by atoms with Crippen LogP contribution in [0.5, 0.6) is 5.75 Å². The van der Waals surface area contributed by atoms with E-state index < -0.39 is 59.8 Å². The molecule has 6 atom stereocenters. The molecule has 0 spiro atoms. The molecule has 1 fully saturated rings. The zero-order chi connectivity index (χ0) is 31.1. The number of nitrogens with one attached hydrogen (secondary N) is 3. The van der Waals surface area contributed by atoms with Gasteiger partial charge in [-0.05, 0) is 36.6 Å². The number of hydrogen-bond donors (Lipinski definition) is 5. The Morgan fingerprint density at radius 1 is 0.814 bits per heavy atom. The molecule has 0 bridgehead atoms. The quantitative estimate of drug-likeness (QED) is 0.298. The summed E-state index contributed by atoms with van der Waals surface area (Å²) in [5.74, 6) is -3.59. The molecule has 3 aromatic rings. The van der Waals surface area contributed by atoms with E-state index in [4.69, 9.17) is 0 Å². The van der Waals surface area contributed by atoms with Crippen molar-refractivity contribution < 1.29 is 29.4 Å². The summed E-state index contributed by atoms with van der Waals surface area (Å²) in [6.07, 6.45) is -0.911. The largest absolute Gasteiger partial charge is 0.507 e. The number of nitrogens with zero attached hydrogens (tertiary/aromatic N) is 1. The van der Waals surface area contributed by atoms with Crippen molar-refractivity contribution in [3.8, 4) is 5.75 Å². The first kappa shape index (κ1) is 31.2. The molecule has 226 valence electrons. The van der Waals surface area contributed by atoms with Crippen molar-refractivity contribution in [1.29, 1.82) is 0 Å². The van der Waals surface area contributed by atoms with Crippen molar-refractivity contribution in [3.63, 3.8) is 0 Å². The first-order chi connectivity index (χ1) is 20.6. The lowest BCUT2D eigenvalue weighted by Gasteiger charge is -2.37. The summed E-state index contributed by atoms with van der Waals surface area (Å²) >= 11 is 0. The lowest BCUT2D eigenvalue weighted by molar-refractivity contribution is -0.146. The molecule has 1 aliphatic heterocycles. The van der Waals surface area contributed by atoms with Crippen LogP contribution in [0.3, 0.4) is 0 Å². The molecule has 1 saturated heterocycles. The van der Waals surface area contributed by atoms with Crippen LogP contribution in [-0.2, 0) is 27.2 Å². The molecule has 5 N–H and O–H groups in total. The Labute approximate surface area is 251 Å². The predicted molar refractivity (Wildman–Crippen MR) is 161 cm³/mol. The van der Waals surface area contributed by atoms with Gasteiger partial charge >= 0.3 is 0 Å². The van der Waals surface area contributed by atoms with Gasteiger partial charge in [0.2, 0.25) is 17.7 Å². The smallest absolute Gasteiger partial charge is 0.255 e. The van der Waals surface area contributed by atoms with Gasteiger partial charge in [0.1, 0.15) is 17.8 Å². The molecule has 0 saturated carbocycles. The maximum absolute atomic E-state index is 13.8. The Bertz CT molecular complexity index is 1430. The van der Waals surface area contributed by atoms with Crippen LogP contribution in [0.25, 0.3) is 0 Å². The fourth-order valence-electron chi connectivity index (χ4n) is 5.32. The average Bonchev–Trinajstić information content (AvgIpc) is 3.01. The van der Waals surface area contributed by atoms with Gasteiger partial charge in [-0.15, -0.1) is 0 Å². The van der Waals surface area contributed by atoms with Gasteiger partial charge in [0, 0.05) is 13.5 Å². The van der Waals surface area contributed by atoms with Crippen molar-refractivity contribution in [2.24, 2.45) is 5.92 Å². The molecule has 1 aliphatic rings. The molecule has 4 amide bonds. The van der Waals surface area contributed by atoms with Gasteiger partial charge in [0.05, 0.1) is 29.7 Å². The van der Waals surface area contributed by atoms with Crippen LogP contribution in [0.2, 0.25) is 0 Å². The Morgan fingerprint density at radius 2 is 1.37 bits per heavy atom. The lowest BCUT2D eigenvalue weighted by atomic mass is 9.90. The maximum Gasteiger partial charge on any atom is 0.255 e. The first-order valence-corrected chi connectivity index (χ1v) is 14.3. The van der Waals surface area contributed by atoms with Crippen LogP contribution >= 0.6 is 0 Å². The molecule has 43 heavy (non-hydrogen) atoms. The van der Waals surface area contributed by atoms with E-state index in [2.05, 4.69) is 16.0 Å². The first-order valence-electron chi connectivity index (χ1n) is 14.3. The number of phenolic OH excluding ortho intramolecular Hbond substituents is 1. The molecule has 3 aromatic carbocycles. The van der Waals surface area contributed by atoms with E-state index in [0.29, 0.717) is 0 Å². The zero-order valence-corrected chi connectivity index (χ0v) is 24.4. The summed E-state index contributed by atoms with van der Waals surface area (Å²) in [7, 11) is 1.53. The van der Waals surface area contributed by atoms with E-state index in [9.17, 15) is 29.4 Å². The number of aliphatic hydroxyl groups excluding tert-OH is 1. The summed E-state index contributed by atoms with van der Waals surface area (Å²) in [6, 6.07) is 20.3. The van der Waals surface area contributed by atoms with Crippen LogP contribution in [0.1, 0.15) is 35.3 Å². The molecule has 0 aliphatic carbocycles. The second-order valence-corrected chi connectivity index (χ2v) is 11.0. The van der Waals surface area contributed by atoms with Gasteiger partial charge in [-0.2, -0.15) is 0 Å². The number of carbonyl (C=O) groups is 4. The van der Waals surface area contributed by atoms with Crippen LogP contribution in [0, 0.1) is 5.92 Å². The van der Waals surface area contributed by atoms with Crippen molar-refractivity contribution in [3.05, 3.63) is 102 Å². The zero-order valence-electron chi connectivity index (χ0n) is 24.4. The number of phenols is 1. The fraction of sp³-hybridized carbons (Fsp3) is 0.333. The molecule has 1 heterocycles. The number of amides is 4. The number of rotatable bonds is 6. The molecule has 0 radical (unpaired) electrons. The number of carbonyl (C=O) groups excluding carboxylic acids is 4. The molecule has 0 aromatic heterocycles.